The van der Waals surface area contributed by atoms with Gasteiger partial charge in [0.15, 0.2) is 0 Å². The normalized spacial score (nSPS) is 11.4. The largest absolute Gasteiger partial charge is 0.394 e. The molecule has 7 heteroatoms. The first-order valence-electron chi connectivity index (χ1n) is 9.78. The van der Waals surface area contributed by atoms with Crippen LogP contribution in [0.5, 0.6) is 0 Å². The molecule has 4 nitrogen and oxygen atoms in total. The van der Waals surface area contributed by atoms with Crippen molar-refractivity contribution in [1.29, 1.82) is 0 Å². The maximum absolute atomic E-state index is 8.88. The molecule has 29 heavy (non-hydrogen) atoms. The second kappa shape index (κ2) is 11.4. The lowest BCUT2D eigenvalue weighted by Gasteiger charge is -2.04. The third kappa shape index (κ3) is 6.21. The van der Waals surface area contributed by atoms with E-state index in [1.165, 1.54) is 40.4 Å². The standard InChI is InChI=1S/C22H28O4S3/c1-15-13-17(5-9-25-11-7-23)21(27-15)19-3-4-20(29-19)22-18(14-16(2)28-22)6-10-26-12-8-24/h3-4,13-14,23-24H,5-12H2,1-2H3. The van der Waals surface area contributed by atoms with Gasteiger partial charge in [-0.25, -0.2) is 0 Å². The Kier molecular flexibility index (Phi) is 8.86. The van der Waals surface area contributed by atoms with Crippen molar-refractivity contribution < 1.29 is 19.7 Å². The van der Waals surface area contributed by atoms with Gasteiger partial charge in [-0.15, -0.1) is 34.0 Å². The Labute approximate surface area is 184 Å². The Bertz CT molecular complexity index is 823. The van der Waals surface area contributed by atoms with Gasteiger partial charge in [0.1, 0.15) is 0 Å². The number of aryl methyl sites for hydroxylation is 2. The number of hydrogen-bond donors (Lipinski definition) is 2. The minimum atomic E-state index is 0.0669. The molecule has 0 fully saturated rings. The van der Waals surface area contributed by atoms with E-state index < -0.39 is 0 Å². The number of rotatable bonds is 12. The van der Waals surface area contributed by atoms with Crippen LogP contribution in [-0.4, -0.2) is 49.9 Å². The molecule has 0 spiro atoms. The first kappa shape index (κ1) is 22.6. The lowest BCUT2D eigenvalue weighted by molar-refractivity contribution is 0.0945. The molecule has 0 radical (unpaired) electrons. The zero-order chi connectivity index (χ0) is 20.6. The number of aliphatic hydroxyl groups is 2. The molecule has 0 saturated carbocycles. The average molecular weight is 453 g/mol. The van der Waals surface area contributed by atoms with Gasteiger partial charge in [0, 0.05) is 29.3 Å². The Morgan fingerprint density at radius 2 is 1.14 bits per heavy atom. The smallest absolute Gasteiger partial charge is 0.0697 e. The second-order valence-electron chi connectivity index (χ2n) is 6.76. The van der Waals surface area contributed by atoms with Crippen LogP contribution in [0.4, 0.5) is 0 Å². The van der Waals surface area contributed by atoms with Crippen molar-refractivity contribution in [2.24, 2.45) is 0 Å². The van der Waals surface area contributed by atoms with Crippen LogP contribution in [0.15, 0.2) is 24.3 Å². The molecule has 0 unspecified atom stereocenters. The molecule has 3 heterocycles. The van der Waals surface area contributed by atoms with Crippen LogP contribution in [0.1, 0.15) is 20.9 Å². The lowest BCUT2D eigenvalue weighted by Crippen LogP contribution is -2.03. The van der Waals surface area contributed by atoms with Crippen LogP contribution in [0.3, 0.4) is 0 Å². The molecule has 3 aromatic heterocycles. The van der Waals surface area contributed by atoms with Crippen molar-refractivity contribution in [1.82, 2.24) is 0 Å². The molecule has 0 aliphatic heterocycles. The van der Waals surface area contributed by atoms with Crippen LogP contribution in [0.25, 0.3) is 19.5 Å². The molecule has 0 bridgehead atoms. The molecule has 0 atom stereocenters. The van der Waals surface area contributed by atoms with Gasteiger partial charge in [0.05, 0.1) is 39.6 Å². The summed E-state index contributed by atoms with van der Waals surface area (Å²) in [5.74, 6) is 0. The molecule has 0 aromatic carbocycles. The van der Waals surface area contributed by atoms with E-state index in [1.807, 2.05) is 34.0 Å². The number of ether oxygens (including phenoxy) is 2. The predicted octanol–water partition coefficient (Wildman–Crippen LogP) is 4.92. The maximum Gasteiger partial charge on any atom is 0.0697 e. The summed E-state index contributed by atoms with van der Waals surface area (Å²) in [7, 11) is 0. The summed E-state index contributed by atoms with van der Waals surface area (Å²) in [6.07, 6.45) is 1.72. The molecular formula is C22H28O4S3. The first-order chi connectivity index (χ1) is 14.1. The third-order valence-corrected chi connectivity index (χ3v) is 8.05. The Hall–Kier alpha value is -1.06. The molecule has 0 aliphatic rings. The van der Waals surface area contributed by atoms with Gasteiger partial charge in [-0.1, -0.05) is 0 Å². The minimum absolute atomic E-state index is 0.0669. The number of thiophene rings is 3. The zero-order valence-electron chi connectivity index (χ0n) is 16.9. The average Bonchev–Trinajstić information content (AvgIpc) is 3.40. The van der Waals surface area contributed by atoms with Gasteiger partial charge < -0.3 is 19.7 Å². The van der Waals surface area contributed by atoms with Crippen LogP contribution in [0.2, 0.25) is 0 Å². The SMILES string of the molecule is Cc1cc(CCOCCO)c(-c2ccc(-c3sc(C)cc3CCOCCO)s2)s1. The Morgan fingerprint density at radius 1 is 0.690 bits per heavy atom. The summed E-state index contributed by atoms with van der Waals surface area (Å²) in [4.78, 5) is 7.86. The first-order valence-corrected chi connectivity index (χ1v) is 12.2. The zero-order valence-corrected chi connectivity index (χ0v) is 19.4. The summed E-state index contributed by atoms with van der Waals surface area (Å²) in [6, 6.07) is 8.96. The van der Waals surface area contributed by atoms with E-state index in [0.717, 1.165) is 12.8 Å². The van der Waals surface area contributed by atoms with Gasteiger partial charge >= 0.3 is 0 Å². The third-order valence-electron chi connectivity index (χ3n) is 4.42. The molecule has 0 saturated heterocycles. The second-order valence-corrected chi connectivity index (χ2v) is 10.4. The van der Waals surface area contributed by atoms with E-state index in [-0.39, 0.29) is 13.2 Å². The van der Waals surface area contributed by atoms with Crippen LogP contribution < -0.4 is 0 Å². The fourth-order valence-corrected chi connectivity index (χ4v) is 6.63. The van der Waals surface area contributed by atoms with E-state index in [4.69, 9.17) is 19.7 Å². The highest BCUT2D eigenvalue weighted by Gasteiger charge is 2.16. The van der Waals surface area contributed by atoms with Crippen molar-refractivity contribution in [2.75, 3.05) is 39.6 Å². The highest BCUT2D eigenvalue weighted by Crippen LogP contribution is 2.43. The molecule has 0 aliphatic carbocycles. The summed E-state index contributed by atoms with van der Waals surface area (Å²) >= 11 is 5.51. The summed E-state index contributed by atoms with van der Waals surface area (Å²) < 4.78 is 10.9. The predicted molar refractivity (Wildman–Crippen MR) is 124 cm³/mol. The summed E-state index contributed by atoms with van der Waals surface area (Å²) in [6.45, 7) is 6.47. The van der Waals surface area contributed by atoms with E-state index >= 15 is 0 Å². The monoisotopic (exact) mass is 452 g/mol. The molecule has 2 N–H and O–H groups in total. The van der Waals surface area contributed by atoms with E-state index in [9.17, 15) is 0 Å². The molecule has 158 valence electrons. The van der Waals surface area contributed by atoms with Gasteiger partial charge in [-0.3, -0.25) is 0 Å². The van der Waals surface area contributed by atoms with E-state index in [0.29, 0.717) is 26.4 Å². The van der Waals surface area contributed by atoms with Gasteiger partial charge in [-0.05, 0) is 62.1 Å². The Balaban J connectivity index is 1.76. The fourth-order valence-electron chi connectivity index (χ4n) is 3.20. The van der Waals surface area contributed by atoms with E-state index in [1.54, 1.807) is 0 Å². The van der Waals surface area contributed by atoms with Crippen LogP contribution in [0, 0.1) is 13.8 Å². The topological polar surface area (TPSA) is 58.9 Å². The number of hydrogen-bond acceptors (Lipinski definition) is 7. The minimum Gasteiger partial charge on any atom is -0.394 e. The molecule has 3 aromatic rings. The van der Waals surface area contributed by atoms with E-state index in [2.05, 4.69) is 38.1 Å². The van der Waals surface area contributed by atoms with Gasteiger partial charge in [0.2, 0.25) is 0 Å². The summed E-state index contributed by atoms with van der Waals surface area (Å²) in [5.41, 5.74) is 2.64. The quantitative estimate of drug-likeness (QED) is 0.383. The van der Waals surface area contributed by atoms with Gasteiger partial charge in [0.25, 0.3) is 0 Å². The van der Waals surface area contributed by atoms with Crippen molar-refractivity contribution >= 4 is 34.0 Å². The molecule has 0 amide bonds. The fraction of sp³-hybridized carbons (Fsp3) is 0.455. The molecule has 3 rings (SSSR count). The Morgan fingerprint density at radius 3 is 1.55 bits per heavy atom. The van der Waals surface area contributed by atoms with Crippen LogP contribution in [-0.2, 0) is 22.3 Å². The highest BCUT2D eigenvalue weighted by molar-refractivity contribution is 7.26. The molecular weight excluding hydrogens is 424 g/mol. The van der Waals surface area contributed by atoms with Crippen molar-refractivity contribution in [3.8, 4) is 19.5 Å². The summed E-state index contributed by atoms with van der Waals surface area (Å²) in [5, 5.41) is 17.8. The van der Waals surface area contributed by atoms with Crippen LogP contribution >= 0.6 is 34.0 Å². The van der Waals surface area contributed by atoms with Crippen molar-refractivity contribution in [3.63, 3.8) is 0 Å². The lowest BCUT2D eigenvalue weighted by atomic mass is 10.1. The van der Waals surface area contributed by atoms with Crippen molar-refractivity contribution in [3.05, 3.63) is 45.1 Å². The van der Waals surface area contributed by atoms with Gasteiger partial charge in [-0.2, -0.15) is 0 Å². The maximum atomic E-state index is 8.88. The highest BCUT2D eigenvalue weighted by atomic mass is 32.1. The number of aliphatic hydroxyl groups excluding tert-OH is 2. The van der Waals surface area contributed by atoms with Crippen molar-refractivity contribution in [2.45, 2.75) is 26.7 Å².